The van der Waals surface area contributed by atoms with Crippen molar-refractivity contribution in [2.75, 3.05) is 5.32 Å². The first-order valence-corrected chi connectivity index (χ1v) is 5.83. The molecule has 5 nitrogen and oxygen atoms in total. The van der Waals surface area contributed by atoms with Crippen LogP contribution in [0.25, 0.3) is 0 Å². The van der Waals surface area contributed by atoms with Crippen LogP contribution in [0.1, 0.15) is 29.7 Å². The summed E-state index contributed by atoms with van der Waals surface area (Å²) in [5.74, 6) is 0. The zero-order chi connectivity index (χ0) is 13.8. The lowest BCUT2D eigenvalue weighted by atomic mass is 10.1. The van der Waals surface area contributed by atoms with Gasteiger partial charge in [-0.25, -0.2) is 0 Å². The Kier molecular flexibility index (Phi) is 3.49. The van der Waals surface area contributed by atoms with Crippen LogP contribution in [0, 0.1) is 22.7 Å². The Bertz CT molecular complexity index is 672. The first-order valence-electron chi connectivity index (χ1n) is 5.83. The van der Waals surface area contributed by atoms with E-state index >= 15 is 0 Å². The number of aryl methyl sites for hydroxylation is 1. The van der Waals surface area contributed by atoms with Crippen molar-refractivity contribution in [2.45, 2.75) is 13.0 Å². The molecule has 0 saturated heterocycles. The fourth-order valence-electron chi connectivity index (χ4n) is 1.82. The van der Waals surface area contributed by atoms with Gasteiger partial charge in [-0.05, 0) is 25.1 Å². The fraction of sp³-hybridized carbons (Fsp3) is 0.214. The topological polar surface area (TPSA) is 77.4 Å². The van der Waals surface area contributed by atoms with E-state index in [2.05, 4.69) is 10.4 Å². The number of benzene rings is 1. The average Bonchev–Trinajstić information content (AvgIpc) is 2.85. The summed E-state index contributed by atoms with van der Waals surface area (Å²) in [4.78, 5) is 0. The highest BCUT2D eigenvalue weighted by Gasteiger charge is 2.09. The summed E-state index contributed by atoms with van der Waals surface area (Å²) in [7, 11) is 1.87. The molecule has 19 heavy (non-hydrogen) atoms. The van der Waals surface area contributed by atoms with Crippen LogP contribution in [0.3, 0.4) is 0 Å². The van der Waals surface area contributed by atoms with Crippen LogP contribution in [0.2, 0.25) is 0 Å². The van der Waals surface area contributed by atoms with Crippen molar-refractivity contribution in [3.63, 3.8) is 0 Å². The van der Waals surface area contributed by atoms with Crippen LogP contribution >= 0.6 is 0 Å². The number of aromatic nitrogens is 2. The number of hydrogen-bond donors (Lipinski definition) is 1. The molecule has 1 heterocycles. The molecule has 1 aromatic heterocycles. The summed E-state index contributed by atoms with van der Waals surface area (Å²) >= 11 is 0. The smallest absolute Gasteiger partial charge is 0.101 e. The predicted octanol–water partition coefficient (Wildman–Crippen LogP) is 2.34. The van der Waals surface area contributed by atoms with Gasteiger partial charge >= 0.3 is 0 Å². The van der Waals surface area contributed by atoms with Gasteiger partial charge in [0, 0.05) is 24.5 Å². The molecule has 2 aromatic rings. The molecule has 0 saturated carbocycles. The molecule has 2 rings (SSSR count). The summed E-state index contributed by atoms with van der Waals surface area (Å²) in [5, 5.41) is 25.3. The van der Waals surface area contributed by atoms with E-state index in [0.29, 0.717) is 11.1 Å². The second-order valence-corrected chi connectivity index (χ2v) is 4.30. The third-order valence-electron chi connectivity index (χ3n) is 2.87. The molecule has 0 spiro atoms. The Labute approximate surface area is 111 Å². The van der Waals surface area contributed by atoms with Gasteiger partial charge < -0.3 is 5.32 Å². The van der Waals surface area contributed by atoms with Crippen molar-refractivity contribution in [3.05, 3.63) is 47.3 Å². The maximum Gasteiger partial charge on any atom is 0.101 e. The minimum absolute atomic E-state index is 0.0770. The number of nitrogens with one attached hydrogen (secondary N) is 1. The van der Waals surface area contributed by atoms with Gasteiger partial charge in [-0.3, -0.25) is 4.68 Å². The number of rotatable bonds is 3. The van der Waals surface area contributed by atoms with Crippen molar-refractivity contribution in [2.24, 2.45) is 7.05 Å². The molecule has 0 radical (unpaired) electrons. The van der Waals surface area contributed by atoms with Crippen molar-refractivity contribution in [1.29, 1.82) is 10.5 Å². The van der Waals surface area contributed by atoms with Crippen LogP contribution in [-0.4, -0.2) is 9.78 Å². The average molecular weight is 251 g/mol. The molecule has 1 aromatic carbocycles. The standard InChI is InChI=1S/C14H13N5/c1-10(13-8-17-19(2)9-13)18-14-4-3-11(6-15)12(5-14)7-16/h3-5,8-10,18H,1-2H3. The zero-order valence-electron chi connectivity index (χ0n) is 10.8. The summed E-state index contributed by atoms with van der Waals surface area (Å²) in [6.45, 7) is 2.02. The van der Waals surface area contributed by atoms with Gasteiger partial charge in [-0.2, -0.15) is 15.6 Å². The lowest BCUT2D eigenvalue weighted by Gasteiger charge is -2.14. The highest BCUT2D eigenvalue weighted by Crippen LogP contribution is 2.21. The maximum absolute atomic E-state index is 8.99. The summed E-state index contributed by atoms with van der Waals surface area (Å²) in [6, 6.07) is 9.23. The minimum atomic E-state index is 0.0770. The quantitative estimate of drug-likeness (QED) is 0.908. The van der Waals surface area contributed by atoms with Crippen molar-refractivity contribution in [1.82, 2.24) is 9.78 Å². The Morgan fingerprint density at radius 2 is 2.00 bits per heavy atom. The summed E-state index contributed by atoms with van der Waals surface area (Å²) < 4.78 is 1.74. The molecule has 1 N–H and O–H groups in total. The largest absolute Gasteiger partial charge is 0.378 e. The van der Waals surface area contributed by atoms with E-state index < -0.39 is 0 Å². The summed E-state index contributed by atoms with van der Waals surface area (Å²) in [6.07, 6.45) is 3.74. The van der Waals surface area contributed by atoms with Gasteiger partial charge in [-0.15, -0.1) is 0 Å². The lowest BCUT2D eigenvalue weighted by molar-refractivity contribution is 0.765. The highest BCUT2D eigenvalue weighted by atomic mass is 15.2. The molecule has 5 heteroatoms. The van der Waals surface area contributed by atoms with E-state index in [1.807, 2.05) is 32.3 Å². The van der Waals surface area contributed by atoms with Crippen LogP contribution in [0.4, 0.5) is 5.69 Å². The van der Waals surface area contributed by atoms with Gasteiger partial charge in [0.2, 0.25) is 0 Å². The second kappa shape index (κ2) is 5.24. The molecule has 94 valence electrons. The van der Waals surface area contributed by atoms with E-state index in [1.165, 1.54) is 0 Å². The first kappa shape index (κ1) is 12.7. The van der Waals surface area contributed by atoms with Crippen LogP contribution in [-0.2, 0) is 7.05 Å². The molecule has 0 fully saturated rings. The van der Waals surface area contributed by atoms with Gasteiger partial charge in [-0.1, -0.05) is 0 Å². The highest BCUT2D eigenvalue weighted by molar-refractivity contribution is 5.56. The molecule has 0 aliphatic rings. The molecule has 0 bridgehead atoms. The van der Waals surface area contributed by atoms with E-state index in [0.717, 1.165) is 11.3 Å². The van der Waals surface area contributed by atoms with E-state index in [9.17, 15) is 0 Å². The third-order valence-corrected chi connectivity index (χ3v) is 2.87. The molecule has 0 aliphatic carbocycles. The van der Waals surface area contributed by atoms with E-state index in [4.69, 9.17) is 10.5 Å². The maximum atomic E-state index is 8.99. The van der Waals surface area contributed by atoms with Crippen molar-refractivity contribution >= 4 is 5.69 Å². The monoisotopic (exact) mass is 251 g/mol. The number of anilines is 1. The molecule has 1 unspecified atom stereocenters. The Morgan fingerprint density at radius 3 is 2.58 bits per heavy atom. The zero-order valence-corrected chi connectivity index (χ0v) is 10.8. The third kappa shape index (κ3) is 2.72. The second-order valence-electron chi connectivity index (χ2n) is 4.30. The molecular weight excluding hydrogens is 238 g/mol. The Hall–Kier alpha value is -2.79. The Balaban J connectivity index is 2.20. The van der Waals surface area contributed by atoms with Gasteiger partial charge in [0.15, 0.2) is 0 Å². The predicted molar refractivity (Wildman–Crippen MR) is 71.1 cm³/mol. The van der Waals surface area contributed by atoms with Crippen molar-refractivity contribution in [3.8, 4) is 12.1 Å². The van der Waals surface area contributed by atoms with E-state index in [-0.39, 0.29) is 6.04 Å². The number of hydrogen-bond acceptors (Lipinski definition) is 4. The van der Waals surface area contributed by atoms with Crippen molar-refractivity contribution < 1.29 is 0 Å². The Morgan fingerprint density at radius 1 is 1.26 bits per heavy atom. The molecule has 0 aliphatic heterocycles. The molecule has 1 atom stereocenters. The number of nitriles is 2. The molecule has 0 amide bonds. The number of nitrogens with zero attached hydrogens (tertiary/aromatic N) is 4. The van der Waals surface area contributed by atoms with Crippen LogP contribution in [0.5, 0.6) is 0 Å². The van der Waals surface area contributed by atoms with Crippen LogP contribution < -0.4 is 5.32 Å². The normalized spacial score (nSPS) is 11.4. The summed E-state index contributed by atoms with van der Waals surface area (Å²) in [5.41, 5.74) is 2.64. The van der Waals surface area contributed by atoms with Gasteiger partial charge in [0.1, 0.15) is 12.1 Å². The van der Waals surface area contributed by atoms with Gasteiger partial charge in [0.25, 0.3) is 0 Å². The minimum Gasteiger partial charge on any atom is -0.378 e. The first-order chi connectivity index (χ1) is 9.13. The lowest BCUT2D eigenvalue weighted by Crippen LogP contribution is -2.06. The van der Waals surface area contributed by atoms with E-state index in [1.54, 1.807) is 29.1 Å². The van der Waals surface area contributed by atoms with Gasteiger partial charge in [0.05, 0.1) is 23.4 Å². The van der Waals surface area contributed by atoms with Crippen LogP contribution in [0.15, 0.2) is 30.6 Å². The SMILES string of the molecule is CC(Nc1ccc(C#N)c(C#N)c1)c1cnn(C)c1. The molecular formula is C14H13N5. The fourth-order valence-corrected chi connectivity index (χ4v) is 1.82.